The van der Waals surface area contributed by atoms with E-state index < -0.39 is 29.1 Å². The first-order valence-electron chi connectivity index (χ1n) is 11.1. The van der Waals surface area contributed by atoms with Crippen molar-refractivity contribution in [2.45, 2.75) is 26.8 Å². The molecule has 0 saturated carbocycles. The van der Waals surface area contributed by atoms with Gasteiger partial charge in [0.25, 0.3) is 11.8 Å². The maximum Gasteiger partial charge on any atom is 2.00 e. The fourth-order valence-electron chi connectivity index (χ4n) is 3.99. The summed E-state index contributed by atoms with van der Waals surface area (Å²) >= 11 is 0. The second kappa shape index (κ2) is 10.7. The standard InChI is InChI=1S/C28H24N4O3.Cu/c1-28(2,3)25(33)22(17-29)31-30-21-16-10-15-20-23(21)27(35)32(26(20)34)24(18-11-6-4-7-12-18)19-13-8-5-9-14-19;/h4-16,24,30H,1-3H3;/q;+2. The number of fused-ring (bicyclic) bond motifs is 1. The summed E-state index contributed by atoms with van der Waals surface area (Å²) in [5.41, 5.74) is 3.80. The molecule has 0 bridgehead atoms. The van der Waals surface area contributed by atoms with Gasteiger partial charge in [-0.25, -0.2) is 0 Å². The van der Waals surface area contributed by atoms with Crippen molar-refractivity contribution in [3.63, 3.8) is 0 Å². The fraction of sp³-hybridized carbons (Fsp3) is 0.179. The monoisotopic (exact) mass is 527 g/mol. The van der Waals surface area contributed by atoms with Gasteiger partial charge in [-0.2, -0.15) is 10.4 Å². The van der Waals surface area contributed by atoms with E-state index in [0.29, 0.717) is 0 Å². The van der Waals surface area contributed by atoms with E-state index in [4.69, 9.17) is 0 Å². The van der Waals surface area contributed by atoms with E-state index in [2.05, 4.69) is 10.5 Å². The molecule has 36 heavy (non-hydrogen) atoms. The Morgan fingerprint density at radius 1 is 0.889 bits per heavy atom. The van der Waals surface area contributed by atoms with Crippen LogP contribution in [0.5, 0.6) is 0 Å². The largest absolute Gasteiger partial charge is 2.00 e. The second-order valence-corrected chi connectivity index (χ2v) is 9.20. The van der Waals surface area contributed by atoms with Crippen LogP contribution in [0.2, 0.25) is 0 Å². The van der Waals surface area contributed by atoms with Gasteiger partial charge >= 0.3 is 17.1 Å². The van der Waals surface area contributed by atoms with Crippen molar-refractivity contribution in [3.05, 3.63) is 101 Å². The summed E-state index contributed by atoms with van der Waals surface area (Å²) in [6.07, 6.45) is 0. The number of hydrogen-bond acceptors (Lipinski definition) is 6. The van der Waals surface area contributed by atoms with E-state index >= 15 is 0 Å². The zero-order valence-electron chi connectivity index (χ0n) is 20.0. The smallest absolute Gasteiger partial charge is 0.291 e. The first-order valence-corrected chi connectivity index (χ1v) is 11.1. The number of nitriles is 1. The molecule has 4 rings (SSSR count). The van der Waals surface area contributed by atoms with Crippen LogP contribution in [-0.2, 0) is 21.9 Å². The van der Waals surface area contributed by atoms with Gasteiger partial charge in [0.15, 0.2) is 5.78 Å². The number of nitrogens with one attached hydrogen (secondary N) is 1. The molecule has 0 spiro atoms. The van der Waals surface area contributed by atoms with Crippen molar-refractivity contribution in [2.75, 3.05) is 5.43 Å². The van der Waals surface area contributed by atoms with Gasteiger partial charge in [0, 0.05) is 5.41 Å². The number of amides is 2. The van der Waals surface area contributed by atoms with E-state index in [1.54, 1.807) is 39.0 Å². The molecular weight excluding hydrogens is 504 g/mol. The second-order valence-electron chi connectivity index (χ2n) is 9.20. The molecule has 1 radical (unpaired) electrons. The summed E-state index contributed by atoms with van der Waals surface area (Å²) < 4.78 is 0. The molecule has 183 valence electrons. The third-order valence-corrected chi connectivity index (χ3v) is 5.73. The Labute approximate surface area is 220 Å². The van der Waals surface area contributed by atoms with E-state index in [0.717, 1.165) is 11.1 Å². The molecule has 0 aromatic heterocycles. The molecule has 0 unspecified atom stereocenters. The van der Waals surface area contributed by atoms with Gasteiger partial charge in [0.05, 0.1) is 22.9 Å². The van der Waals surface area contributed by atoms with Gasteiger partial charge in [-0.3, -0.25) is 24.7 Å². The number of carbonyl (C=O) groups excluding carboxylic acids is 3. The predicted molar refractivity (Wildman–Crippen MR) is 133 cm³/mol. The number of rotatable bonds is 6. The molecule has 2 amide bonds. The van der Waals surface area contributed by atoms with Gasteiger partial charge in [-0.15, -0.1) is 0 Å². The molecule has 0 aliphatic carbocycles. The van der Waals surface area contributed by atoms with Crippen molar-refractivity contribution in [1.82, 2.24) is 4.90 Å². The molecule has 1 heterocycles. The van der Waals surface area contributed by atoms with E-state index in [9.17, 15) is 19.6 Å². The van der Waals surface area contributed by atoms with Gasteiger partial charge in [0.2, 0.25) is 5.71 Å². The van der Waals surface area contributed by atoms with Crippen LogP contribution < -0.4 is 5.43 Å². The number of ketones is 1. The first kappa shape index (κ1) is 26.6. The van der Waals surface area contributed by atoms with Crippen LogP contribution in [-0.4, -0.2) is 28.2 Å². The summed E-state index contributed by atoms with van der Waals surface area (Å²) in [7, 11) is 0. The van der Waals surface area contributed by atoms with Crippen LogP contribution in [0.4, 0.5) is 5.69 Å². The molecule has 7 nitrogen and oxygen atoms in total. The number of imide groups is 1. The predicted octanol–water partition coefficient (Wildman–Crippen LogP) is 4.98. The first-order chi connectivity index (χ1) is 16.7. The molecule has 1 aliphatic heterocycles. The fourth-order valence-corrected chi connectivity index (χ4v) is 3.99. The summed E-state index contributed by atoms with van der Waals surface area (Å²) in [6.45, 7) is 5.07. The maximum absolute atomic E-state index is 13.7. The Morgan fingerprint density at radius 3 is 1.94 bits per heavy atom. The minimum Gasteiger partial charge on any atom is -0.291 e. The number of nitrogens with zero attached hydrogens (tertiary/aromatic N) is 3. The summed E-state index contributed by atoms with van der Waals surface area (Å²) in [4.78, 5) is 41.0. The third-order valence-electron chi connectivity index (χ3n) is 5.73. The van der Waals surface area contributed by atoms with Gasteiger partial charge in [-0.05, 0) is 23.3 Å². The van der Waals surface area contributed by atoms with E-state index in [1.807, 2.05) is 66.7 Å². The Morgan fingerprint density at radius 2 is 1.44 bits per heavy atom. The molecular formula is C28H24CuN4O3+2. The van der Waals surface area contributed by atoms with Crippen molar-refractivity contribution in [3.8, 4) is 6.07 Å². The molecule has 1 aliphatic rings. The van der Waals surface area contributed by atoms with Crippen LogP contribution >= 0.6 is 0 Å². The van der Waals surface area contributed by atoms with Gasteiger partial charge in [-0.1, -0.05) is 87.5 Å². The number of anilines is 1. The van der Waals surface area contributed by atoms with Crippen LogP contribution in [0.15, 0.2) is 84.0 Å². The topological polar surface area (TPSA) is 103 Å². The third kappa shape index (κ3) is 4.99. The average molecular weight is 528 g/mol. The van der Waals surface area contributed by atoms with Crippen molar-refractivity contribution < 1.29 is 31.5 Å². The molecule has 0 saturated heterocycles. The summed E-state index contributed by atoms with van der Waals surface area (Å²) in [5, 5.41) is 13.4. The average Bonchev–Trinajstić information content (AvgIpc) is 3.11. The van der Waals surface area contributed by atoms with Crippen LogP contribution in [0.1, 0.15) is 58.7 Å². The van der Waals surface area contributed by atoms with Gasteiger partial charge in [0.1, 0.15) is 6.07 Å². The zero-order chi connectivity index (χ0) is 25.2. The Bertz CT molecular complexity index is 1330. The molecule has 1 N–H and O–H groups in total. The Kier molecular flexibility index (Phi) is 7.89. The number of benzene rings is 3. The zero-order valence-corrected chi connectivity index (χ0v) is 20.9. The number of hydrazone groups is 1. The van der Waals surface area contributed by atoms with E-state index in [1.165, 1.54) is 4.90 Å². The summed E-state index contributed by atoms with van der Waals surface area (Å²) in [6, 6.07) is 24.7. The number of Topliss-reactive ketones (excluding diaryl/α,β-unsaturated/α-hetero) is 1. The minimum atomic E-state index is -0.796. The van der Waals surface area contributed by atoms with Crippen LogP contribution in [0, 0.1) is 16.7 Å². The Balaban J connectivity index is 0.00000361. The number of carbonyl (C=O) groups is 3. The van der Waals surface area contributed by atoms with E-state index in [-0.39, 0.29) is 39.6 Å². The summed E-state index contributed by atoms with van der Waals surface area (Å²) in [5.74, 6) is -1.35. The van der Waals surface area contributed by atoms with Crippen molar-refractivity contribution >= 4 is 29.0 Å². The molecule has 0 atom stereocenters. The number of hydrogen-bond donors (Lipinski definition) is 1. The molecule has 0 fully saturated rings. The van der Waals surface area contributed by atoms with Crippen LogP contribution in [0.3, 0.4) is 0 Å². The van der Waals surface area contributed by atoms with Crippen molar-refractivity contribution in [2.24, 2.45) is 10.5 Å². The van der Waals surface area contributed by atoms with Gasteiger partial charge < -0.3 is 0 Å². The SMILES string of the molecule is CC(C)(C)C(=O)C(C#N)=NNc1cccc2c1C(=O)N(C(c1ccccc1)c1ccccc1)C2=O.[Cu+2]. The maximum atomic E-state index is 13.7. The molecule has 3 aromatic carbocycles. The van der Waals surface area contributed by atoms with Crippen LogP contribution in [0.25, 0.3) is 0 Å². The molecule has 3 aromatic rings. The minimum absolute atomic E-state index is 0. The normalized spacial score (nSPS) is 13.2. The molecule has 8 heteroatoms. The quantitative estimate of drug-likeness (QED) is 0.211. The Hall–Kier alpha value is -4.05. The van der Waals surface area contributed by atoms with Crippen molar-refractivity contribution in [1.29, 1.82) is 5.26 Å².